The molecule has 2 N–H and O–H groups in total. The summed E-state index contributed by atoms with van der Waals surface area (Å²) in [6.07, 6.45) is 2.95. The van der Waals surface area contributed by atoms with Gasteiger partial charge in [-0.15, -0.1) is 11.3 Å². The van der Waals surface area contributed by atoms with Crippen molar-refractivity contribution in [3.05, 3.63) is 16.1 Å². The van der Waals surface area contributed by atoms with E-state index in [-0.39, 0.29) is 12.1 Å². The monoisotopic (exact) mass is 200 g/mol. The topological polar surface area (TPSA) is 48.1 Å². The zero-order valence-electron chi connectivity index (χ0n) is 8.28. The van der Waals surface area contributed by atoms with Crippen LogP contribution >= 0.6 is 11.3 Å². The van der Waals surface area contributed by atoms with Crippen LogP contribution in [0.4, 0.5) is 0 Å². The lowest BCUT2D eigenvalue weighted by Crippen LogP contribution is -2.07. The maximum atomic E-state index is 5.73. The maximum Gasteiger partial charge on any atom is 0.0954 e. The molecular weight excluding hydrogens is 184 g/mol. The fraction of sp³-hybridized carbons (Fsp3) is 0.667. The van der Waals surface area contributed by atoms with Gasteiger partial charge in [0, 0.05) is 30.6 Å². The van der Waals surface area contributed by atoms with Crippen LogP contribution in [-0.4, -0.2) is 18.2 Å². The first-order valence-electron chi connectivity index (χ1n) is 4.36. The number of methoxy groups -OCH3 is 1. The molecule has 0 aliphatic carbocycles. The van der Waals surface area contributed by atoms with Crippen molar-refractivity contribution in [2.45, 2.75) is 32.4 Å². The average Bonchev–Trinajstić information content (AvgIpc) is 2.52. The summed E-state index contributed by atoms with van der Waals surface area (Å²) >= 11 is 1.67. The van der Waals surface area contributed by atoms with E-state index in [0.29, 0.717) is 0 Å². The minimum atomic E-state index is 0.0871. The summed E-state index contributed by atoms with van der Waals surface area (Å²) in [5.74, 6) is 0. The Labute approximate surface area is 82.9 Å². The summed E-state index contributed by atoms with van der Waals surface area (Å²) in [6, 6.07) is 0.0871. The SMILES string of the molecule is COC(C)Cc1ncc(C(C)N)s1. The highest BCUT2D eigenvalue weighted by atomic mass is 32.1. The number of nitrogens with two attached hydrogens (primary N) is 1. The quantitative estimate of drug-likeness (QED) is 0.805. The standard InChI is InChI=1S/C9H16N2OS/c1-6(12-3)4-9-11-5-8(13-9)7(2)10/h5-7H,4,10H2,1-3H3. The van der Waals surface area contributed by atoms with Crippen molar-refractivity contribution >= 4 is 11.3 Å². The number of ether oxygens (including phenoxy) is 1. The van der Waals surface area contributed by atoms with Gasteiger partial charge in [0.15, 0.2) is 0 Å². The van der Waals surface area contributed by atoms with Crippen molar-refractivity contribution < 1.29 is 4.74 Å². The van der Waals surface area contributed by atoms with Crippen molar-refractivity contribution in [2.24, 2.45) is 5.73 Å². The highest BCUT2D eigenvalue weighted by Crippen LogP contribution is 2.19. The molecule has 0 amide bonds. The Morgan fingerprint density at radius 1 is 1.62 bits per heavy atom. The van der Waals surface area contributed by atoms with Gasteiger partial charge in [0.05, 0.1) is 11.1 Å². The normalized spacial score (nSPS) is 15.7. The maximum absolute atomic E-state index is 5.73. The van der Waals surface area contributed by atoms with Crippen LogP contribution in [0.25, 0.3) is 0 Å². The predicted molar refractivity (Wildman–Crippen MR) is 54.9 cm³/mol. The summed E-state index contributed by atoms with van der Waals surface area (Å²) in [6.45, 7) is 4.00. The Morgan fingerprint density at radius 2 is 2.31 bits per heavy atom. The fourth-order valence-corrected chi connectivity index (χ4v) is 1.95. The smallest absolute Gasteiger partial charge is 0.0954 e. The van der Waals surface area contributed by atoms with Gasteiger partial charge in [0.25, 0.3) is 0 Å². The van der Waals surface area contributed by atoms with Gasteiger partial charge in [-0.05, 0) is 13.8 Å². The Kier molecular flexibility index (Phi) is 3.84. The largest absolute Gasteiger partial charge is 0.381 e. The molecule has 0 bridgehead atoms. The molecule has 0 radical (unpaired) electrons. The van der Waals surface area contributed by atoms with E-state index >= 15 is 0 Å². The predicted octanol–water partition coefficient (Wildman–Crippen LogP) is 1.74. The molecule has 74 valence electrons. The number of rotatable bonds is 4. The molecule has 0 aliphatic rings. The average molecular weight is 200 g/mol. The van der Waals surface area contributed by atoms with Crippen molar-refractivity contribution in [2.75, 3.05) is 7.11 Å². The molecule has 0 aliphatic heterocycles. The highest BCUT2D eigenvalue weighted by Gasteiger charge is 2.08. The first-order chi connectivity index (χ1) is 6.13. The summed E-state index contributed by atoms with van der Waals surface area (Å²) in [5, 5.41) is 1.10. The minimum absolute atomic E-state index is 0.0871. The lowest BCUT2D eigenvalue weighted by molar-refractivity contribution is 0.119. The second-order valence-corrected chi connectivity index (χ2v) is 4.34. The molecule has 2 atom stereocenters. The molecule has 0 spiro atoms. The van der Waals surface area contributed by atoms with Crippen molar-refractivity contribution in [1.29, 1.82) is 0 Å². The number of thiazole rings is 1. The van der Waals surface area contributed by atoms with E-state index in [0.717, 1.165) is 16.3 Å². The van der Waals surface area contributed by atoms with Gasteiger partial charge in [-0.25, -0.2) is 4.98 Å². The Balaban J connectivity index is 2.58. The molecule has 3 nitrogen and oxygen atoms in total. The van der Waals surface area contributed by atoms with Gasteiger partial charge in [0.1, 0.15) is 0 Å². The van der Waals surface area contributed by atoms with E-state index in [1.54, 1.807) is 18.4 Å². The molecule has 2 unspecified atom stereocenters. The summed E-state index contributed by atoms with van der Waals surface area (Å²) in [4.78, 5) is 5.42. The third kappa shape index (κ3) is 3.06. The van der Waals surface area contributed by atoms with Crippen LogP contribution in [0.3, 0.4) is 0 Å². The van der Waals surface area contributed by atoms with Crippen LogP contribution in [-0.2, 0) is 11.2 Å². The number of hydrogen-bond acceptors (Lipinski definition) is 4. The number of aromatic nitrogens is 1. The second-order valence-electron chi connectivity index (χ2n) is 3.20. The first-order valence-corrected chi connectivity index (χ1v) is 5.18. The summed E-state index contributed by atoms with van der Waals surface area (Å²) in [5.41, 5.74) is 5.73. The van der Waals surface area contributed by atoms with Crippen LogP contribution < -0.4 is 5.73 Å². The fourth-order valence-electron chi connectivity index (χ4n) is 0.958. The molecular formula is C9H16N2OS. The van der Waals surface area contributed by atoms with Crippen LogP contribution in [0.5, 0.6) is 0 Å². The molecule has 0 saturated carbocycles. The van der Waals surface area contributed by atoms with E-state index in [4.69, 9.17) is 10.5 Å². The van der Waals surface area contributed by atoms with Gasteiger partial charge in [-0.1, -0.05) is 0 Å². The summed E-state index contributed by atoms with van der Waals surface area (Å²) < 4.78 is 5.16. The minimum Gasteiger partial charge on any atom is -0.381 e. The van der Waals surface area contributed by atoms with Crippen LogP contribution in [0.2, 0.25) is 0 Å². The molecule has 1 aromatic heterocycles. The van der Waals surface area contributed by atoms with Gasteiger partial charge in [-0.2, -0.15) is 0 Å². The first kappa shape index (κ1) is 10.6. The number of nitrogens with zero attached hydrogens (tertiary/aromatic N) is 1. The zero-order valence-corrected chi connectivity index (χ0v) is 9.10. The molecule has 0 fully saturated rings. The molecule has 1 heterocycles. The molecule has 4 heteroatoms. The molecule has 0 saturated heterocycles. The zero-order chi connectivity index (χ0) is 9.84. The highest BCUT2D eigenvalue weighted by molar-refractivity contribution is 7.11. The van der Waals surface area contributed by atoms with Crippen molar-refractivity contribution in [3.8, 4) is 0 Å². The Morgan fingerprint density at radius 3 is 2.77 bits per heavy atom. The van der Waals surface area contributed by atoms with E-state index in [1.807, 2.05) is 20.0 Å². The molecule has 0 aromatic carbocycles. The van der Waals surface area contributed by atoms with E-state index < -0.39 is 0 Å². The van der Waals surface area contributed by atoms with E-state index in [1.165, 1.54) is 0 Å². The number of hydrogen-bond donors (Lipinski definition) is 1. The molecule has 1 rings (SSSR count). The van der Waals surface area contributed by atoms with E-state index in [2.05, 4.69) is 4.98 Å². The summed E-state index contributed by atoms with van der Waals surface area (Å²) in [7, 11) is 1.71. The molecule has 13 heavy (non-hydrogen) atoms. The van der Waals surface area contributed by atoms with Crippen LogP contribution in [0, 0.1) is 0 Å². The van der Waals surface area contributed by atoms with Gasteiger partial charge < -0.3 is 10.5 Å². The lowest BCUT2D eigenvalue weighted by atomic mass is 10.3. The van der Waals surface area contributed by atoms with Crippen LogP contribution in [0.1, 0.15) is 29.8 Å². The third-order valence-corrected chi connectivity index (χ3v) is 3.11. The molecule has 1 aromatic rings. The van der Waals surface area contributed by atoms with Gasteiger partial charge >= 0.3 is 0 Å². The van der Waals surface area contributed by atoms with E-state index in [9.17, 15) is 0 Å². The van der Waals surface area contributed by atoms with Crippen molar-refractivity contribution in [3.63, 3.8) is 0 Å². The van der Waals surface area contributed by atoms with Gasteiger partial charge in [0.2, 0.25) is 0 Å². The third-order valence-electron chi connectivity index (χ3n) is 1.88. The van der Waals surface area contributed by atoms with Crippen LogP contribution in [0.15, 0.2) is 6.20 Å². The van der Waals surface area contributed by atoms with Crippen molar-refractivity contribution in [1.82, 2.24) is 4.98 Å². The second kappa shape index (κ2) is 4.69. The lowest BCUT2D eigenvalue weighted by Gasteiger charge is -2.05. The van der Waals surface area contributed by atoms with Gasteiger partial charge in [-0.3, -0.25) is 0 Å². The Hall–Kier alpha value is -0.450. The Bertz CT molecular complexity index is 260.